The van der Waals surface area contributed by atoms with Crippen LogP contribution in [-0.4, -0.2) is 9.97 Å². The van der Waals surface area contributed by atoms with Gasteiger partial charge >= 0.3 is 0 Å². The van der Waals surface area contributed by atoms with Crippen molar-refractivity contribution >= 4 is 0 Å². The van der Waals surface area contributed by atoms with Gasteiger partial charge in [0.05, 0.1) is 12.4 Å². The van der Waals surface area contributed by atoms with E-state index in [0.29, 0.717) is 11.6 Å². The zero-order chi connectivity index (χ0) is 8.39. The predicted octanol–water partition coefficient (Wildman–Crippen LogP) is 1.88. The average Bonchev–Trinajstić information content (AvgIpc) is 2.58. The zero-order valence-electron chi connectivity index (χ0n) is 6.07. The molecule has 0 aliphatic rings. The van der Waals surface area contributed by atoms with Crippen molar-refractivity contribution in [1.82, 2.24) is 9.97 Å². The number of halogens is 1. The summed E-state index contributed by atoms with van der Waals surface area (Å²) in [5.74, 6) is 0.0281. The van der Waals surface area contributed by atoms with Crippen LogP contribution in [0.4, 0.5) is 4.39 Å². The van der Waals surface area contributed by atoms with Crippen LogP contribution in [0, 0.1) is 5.82 Å². The summed E-state index contributed by atoms with van der Waals surface area (Å²) in [5, 5.41) is 0. The quantitative estimate of drug-likeness (QED) is 0.645. The van der Waals surface area contributed by atoms with E-state index in [9.17, 15) is 4.39 Å². The van der Waals surface area contributed by atoms with E-state index in [1.165, 1.54) is 24.6 Å². The van der Waals surface area contributed by atoms with Gasteiger partial charge in [-0.05, 0) is 12.1 Å². The molecule has 0 N–H and O–H groups in total. The lowest BCUT2D eigenvalue weighted by Crippen LogP contribution is -1.83. The van der Waals surface area contributed by atoms with E-state index in [0.717, 1.165) is 6.20 Å². The lowest BCUT2D eigenvalue weighted by Gasteiger charge is -1.92. The summed E-state index contributed by atoms with van der Waals surface area (Å²) in [6.45, 7) is 0. The second kappa shape index (κ2) is 2.73. The largest absolute Gasteiger partial charge is 0.443 e. The summed E-state index contributed by atoms with van der Waals surface area (Å²) in [5.41, 5.74) is 0.529. The SMILES string of the molecule is Fc1ccc(-c2ncco2)nc1. The highest BCUT2D eigenvalue weighted by Crippen LogP contribution is 2.13. The van der Waals surface area contributed by atoms with Crippen LogP contribution in [0.5, 0.6) is 0 Å². The van der Waals surface area contributed by atoms with Crippen molar-refractivity contribution in [1.29, 1.82) is 0 Å². The van der Waals surface area contributed by atoms with Crippen molar-refractivity contribution in [2.75, 3.05) is 0 Å². The van der Waals surface area contributed by atoms with Crippen molar-refractivity contribution in [3.05, 3.63) is 36.6 Å². The molecule has 0 aliphatic carbocycles. The van der Waals surface area contributed by atoms with Crippen molar-refractivity contribution in [2.45, 2.75) is 0 Å². The molecule has 4 heteroatoms. The minimum atomic E-state index is -0.370. The van der Waals surface area contributed by atoms with Crippen LogP contribution in [0.1, 0.15) is 0 Å². The van der Waals surface area contributed by atoms with Crippen LogP contribution in [-0.2, 0) is 0 Å². The van der Waals surface area contributed by atoms with Crippen LogP contribution >= 0.6 is 0 Å². The van der Waals surface area contributed by atoms with Gasteiger partial charge in [0, 0.05) is 0 Å². The maximum Gasteiger partial charge on any atom is 0.244 e. The van der Waals surface area contributed by atoms with Crippen LogP contribution in [0.15, 0.2) is 35.2 Å². The molecular weight excluding hydrogens is 159 g/mol. The van der Waals surface area contributed by atoms with E-state index in [4.69, 9.17) is 4.42 Å². The minimum Gasteiger partial charge on any atom is -0.443 e. The first-order valence-corrected chi connectivity index (χ1v) is 3.38. The molecular formula is C8H5FN2O. The number of hydrogen-bond donors (Lipinski definition) is 0. The van der Waals surface area contributed by atoms with Crippen molar-refractivity contribution < 1.29 is 8.81 Å². The maximum atomic E-state index is 12.4. The number of rotatable bonds is 1. The van der Waals surface area contributed by atoms with E-state index < -0.39 is 0 Å². The molecule has 0 unspecified atom stereocenters. The fourth-order valence-corrected chi connectivity index (χ4v) is 0.852. The minimum absolute atomic E-state index is 0.370. The summed E-state index contributed by atoms with van der Waals surface area (Å²) in [6.07, 6.45) is 4.08. The van der Waals surface area contributed by atoms with E-state index in [1.807, 2.05) is 0 Å². The van der Waals surface area contributed by atoms with E-state index in [1.54, 1.807) is 0 Å². The molecule has 2 aromatic heterocycles. The Balaban J connectivity index is 2.43. The van der Waals surface area contributed by atoms with Gasteiger partial charge in [0.1, 0.15) is 17.8 Å². The lowest BCUT2D eigenvalue weighted by atomic mass is 10.3. The molecule has 0 saturated carbocycles. The van der Waals surface area contributed by atoms with Crippen LogP contribution in [0.2, 0.25) is 0 Å². The Morgan fingerprint density at radius 2 is 2.17 bits per heavy atom. The van der Waals surface area contributed by atoms with Crippen LogP contribution in [0.3, 0.4) is 0 Å². The van der Waals surface area contributed by atoms with Crippen molar-refractivity contribution in [3.8, 4) is 11.6 Å². The molecule has 0 fully saturated rings. The Kier molecular flexibility index (Phi) is 1.59. The van der Waals surface area contributed by atoms with Gasteiger partial charge in [-0.3, -0.25) is 0 Å². The van der Waals surface area contributed by atoms with Crippen LogP contribution in [0.25, 0.3) is 11.6 Å². The zero-order valence-corrected chi connectivity index (χ0v) is 6.07. The van der Waals surface area contributed by atoms with Gasteiger partial charge in [-0.15, -0.1) is 0 Å². The molecule has 0 amide bonds. The molecule has 12 heavy (non-hydrogen) atoms. The van der Waals surface area contributed by atoms with Gasteiger partial charge in [0.2, 0.25) is 5.89 Å². The average molecular weight is 164 g/mol. The first-order valence-electron chi connectivity index (χ1n) is 3.38. The van der Waals surface area contributed by atoms with Gasteiger partial charge < -0.3 is 4.42 Å². The third-order valence-corrected chi connectivity index (χ3v) is 1.38. The van der Waals surface area contributed by atoms with Gasteiger partial charge in [-0.25, -0.2) is 14.4 Å². The molecule has 60 valence electrons. The summed E-state index contributed by atoms with van der Waals surface area (Å²) < 4.78 is 17.4. The monoisotopic (exact) mass is 164 g/mol. The van der Waals surface area contributed by atoms with E-state index in [2.05, 4.69) is 9.97 Å². The van der Waals surface area contributed by atoms with E-state index >= 15 is 0 Å². The normalized spacial score (nSPS) is 10.1. The molecule has 0 aliphatic heterocycles. The lowest BCUT2D eigenvalue weighted by molar-refractivity contribution is 0.570. The predicted molar refractivity (Wildman–Crippen MR) is 39.7 cm³/mol. The summed E-state index contributed by atoms with van der Waals surface area (Å²) in [6, 6.07) is 2.83. The highest BCUT2D eigenvalue weighted by molar-refractivity contribution is 5.45. The molecule has 2 heterocycles. The maximum absolute atomic E-state index is 12.4. The molecule has 0 aromatic carbocycles. The molecule has 0 bridgehead atoms. The highest BCUT2D eigenvalue weighted by atomic mass is 19.1. The number of hydrogen-bond acceptors (Lipinski definition) is 3. The standard InChI is InChI=1S/C8H5FN2O/c9-6-1-2-7(11-5-6)8-10-3-4-12-8/h1-5H. The van der Waals surface area contributed by atoms with Crippen LogP contribution < -0.4 is 0 Å². The summed E-state index contributed by atoms with van der Waals surface area (Å²) in [4.78, 5) is 7.65. The molecule has 0 radical (unpaired) electrons. The van der Waals surface area contributed by atoms with E-state index in [-0.39, 0.29) is 5.82 Å². The number of pyridine rings is 1. The summed E-state index contributed by atoms with van der Waals surface area (Å²) >= 11 is 0. The molecule has 3 nitrogen and oxygen atoms in total. The Morgan fingerprint density at radius 1 is 1.25 bits per heavy atom. The smallest absolute Gasteiger partial charge is 0.244 e. The molecule has 0 atom stereocenters. The Labute approximate surface area is 67.9 Å². The second-order valence-corrected chi connectivity index (χ2v) is 2.20. The molecule has 2 aromatic rings. The highest BCUT2D eigenvalue weighted by Gasteiger charge is 2.02. The Morgan fingerprint density at radius 3 is 2.75 bits per heavy atom. The van der Waals surface area contributed by atoms with Crippen molar-refractivity contribution in [3.63, 3.8) is 0 Å². The number of nitrogens with zero attached hydrogens (tertiary/aromatic N) is 2. The summed E-state index contributed by atoms with van der Waals surface area (Å²) in [7, 11) is 0. The van der Waals surface area contributed by atoms with Gasteiger partial charge in [-0.1, -0.05) is 0 Å². The molecule has 0 saturated heterocycles. The first kappa shape index (κ1) is 6.97. The van der Waals surface area contributed by atoms with Gasteiger partial charge in [0.25, 0.3) is 0 Å². The van der Waals surface area contributed by atoms with Crippen molar-refractivity contribution in [2.24, 2.45) is 0 Å². The van der Waals surface area contributed by atoms with Gasteiger partial charge in [-0.2, -0.15) is 0 Å². The number of oxazole rings is 1. The Hall–Kier alpha value is -1.71. The fourth-order valence-electron chi connectivity index (χ4n) is 0.852. The second-order valence-electron chi connectivity index (χ2n) is 2.20. The van der Waals surface area contributed by atoms with Gasteiger partial charge in [0.15, 0.2) is 0 Å². The third kappa shape index (κ3) is 1.18. The topological polar surface area (TPSA) is 38.9 Å². The third-order valence-electron chi connectivity index (χ3n) is 1.38. The first-order chi connectivity index (χ1) is 5.86. The Bertz CT molecular complexity index is 355. The molecule has 0 spiro atoms. The fraction of sp³-hybridized carbons (Fsp3) is 0. The molecule has 2 rings (SSSR count). The number of aromatic nitrogens is 2.